The van der Waals surface area contributed by atoms with Crippen LogP contribution in [0.3, 0.4) is 0 Å². The van der Waals surface area contributed by atoms with Gasteiger partial charge in [0.15, 0.2) is 0 Å². The normalized spacial score (nSPS) is 28.0. The highest BCUT2D eigenvalue weighted by molar-refractivity contribution is 5.78. The standard InChI is InChI=1S/C32H58O2/c1-3-5-6-7-8-9-10-17-27-34-30(33)32(23-15-12-16-24-32)31(22-4-2)25-20-29(21-26-31)28-18-13-11-14-19-28/h28-29H,3-27H2,1-2H3/t29-,31+. The molecule has 2 nitrogen and oxygen atoms in total. The van der Waals surface area contributed by atoms with Gasteiger partial charge in [-0.25, -0.2) is 0 Å². The molecule has 34 heavy (non-hydrogen) atoms. The Labute approximate surface area is 212 Å². The minimum atomic E-state index is -0.182. The van der Waals surface area contributed by atoms with Crippen molar-refractivity contribution >= 4 is 5.97 Å². The van der Waals surface area contributed by atoms with Crippen molar-refractivity contribution in [1.29, 1.82) is 0 Å². The van der Waals surface area contributed by atoms with Crippen LogP contribution in [0.4, 0.5) is 0 Å². The lowest BCUT2D eigenvalue weighted by atomic mass is 9.49. The second-order valence-corrected chi connectivity index (χ2v) is 12.5. The molecule has 0 unspecified atom stereocenters. The van der Waals surface area contributed by atoms with Crippen LogP contribution in [0.2, 0.25) is 0 Å². The van der Waals surface area contributed by atoms with Gasteiger partial charge in [0.25, 0.3) is 0 Å². The Kier molecular flexibility index (Phi) is 12.3. The Hall–Kier alpha value is -0.530. The first-order chi connectivity index (χ1) is 16.7. The van der Waals surface area contributed by atoms with E-state index in [2.05, 4.69) is 13.8 Å². The van der Waals surface area contributed by atoms with Crippen molar-refractivity contribution in [3.05, 3.63) is 0 Å². The fraction of sp³-hybridized carbons (Fsp3) is 0.969. The lowest BCUT2D eigenvalue weighted by Gasteiger charge is -2.55. The van der Waals surface area contributed by atoms with Gasteiger partial charge in [-0.05, 0) is 68.6 Å². The van der Waals surface area contributed by atoms with E-state index < -0.39 is 0 Å². The predicted octanol–water partition coefficient (Wildman–Crippen LogP) is 10.2. The molecule has 3 saturated carbocycles. The van der Waals surface area contributed by atoms with Crippen molar-refractivity contribution in [2.75, 3.05) is 6.61 Å². The smallest absolute Gasteiger partial charge is 0.312 e. The molecule has 0 bridgehead atoms. The zero-order valence-electron chi connectivity index (χ0n) is 23.1. The molecule has 0 aromatic carbocycles. The van der Waals surface area contributed by atoms with Gasteiger partial charge >= 0.3 is 5.97 Å². The van der Waals surface area contributed by atoms with Crippen LogP contribution in [0.5, 0.6) is 0 Å². The zero-order valence-corrected chi connectivity index (χ0v) is 23.1. The van der Waals surface area contributed by atoms with Crippen LogP contribution in [0, 0.1) is 22.7 Å². The maximum atomic E-state index is 13.9. The highest BCUT2D eigenvalue weighted by Gasteiger charge is 2.57. The summed E-state index contributed by atoms with van der Waals surface area (Å²) in [6, 6.07) is 0. The van der Waals surface area contributed by atoms with Crippen LogP contribution in [0.25, 0.3) is 0 Å². The summed E-state index contributed by atoms with van der Waals surface area (Å²) in [6.45, 7) is 5.28. The molecule has 0 N–H and O–H groups in total. The SMILES string of the molecule is CCCCCCCCCCOC(=O)C1([C@]2(CCC)CC[C@H](C3CCCCC3)CC2)CCCCC1. The van der Waals surface area contributed by atoms with E-state index in [9.17, 15) is 4.79 Å². The summed E-state index contributed by atoms with van der Waals surface area (Å²) in [7, 11) is 0. The average Bonchev–Trinajstić information content (AvgIpc) is 2.89. The maximum absolute atomic E-state index is 13.9. The lowest BCUT2D eigenvalue weighted by molar-refractivity contribution is -0.175. The van der Waals surface area contributed by atoms with Crippen LogP contribution in [0.15, 0.2) is 0 Å². The molecular weight excluding hydrogens is 416 g/mol. The third-order valence-corrected chi connectivity index (χ3v) is 10.4. The number of carbonyl (C=O) groups excluding carboxylic acids is 1. The molecule has 0 amide bonds. The minimum absolute atomic E-state index is 0.182. The number of hydrogen-bond acceptors (Lipinski definition) is 2. The molecule has 0 aromatic heterocycles. The first-order valence-electron chi connectivity index (χ1n) is 15.8. The van der Waals surface area contributed by atoms with Gasteiger partial charge < -0.3 is 4.74 Å². The molecule has 2 heteroatoms. The first-order valence-corrected chi connectivity index (χ1v) is 15.8. The summed E-state index contributed by atoms with van der Waals surface area (Å²) in [5, 5.41) is 0. The van der Waals surface area contributed by atoms with Crippen molar-refractivity contribution < 1.29 is 9.53 Å². The van der Waals surface area contributed by atoms with Gasteiger partial charge in [-0.15, -0.1) is 0 Å². The number of unbranched alkanes of at least 4 members (excludes halogenated alkanes) is 7. The van der Waals surface area contributed by atoms with Gasteiger partial charge in [0, 0.05) is 0 Å². The lowest BCUT2D eigenvalue weighted by Crippen LogP contribution is -2.52. The highest BCUT2D eigenvalue weighted by Crippen LogP contribution is 2.61. The van der Waals surface area contributed by atoms with Crippen LogP contribution in [0.1, 0.15) is 168 Å². The van der Waals surface area contributed by atoms with Gasteiger partial charge in [-0.3, -0.25) is 4.79 Å². The van der Waals surface area contributed by atoms with Gasteiger partial charge in [-0.2, -0.15) is 0 Å². The molecule has 198 valence electrons. The second-order valence-electron chi connectivity index (χ2n) is 12.5. The fourth-order valence-electron chi connectivity index (χ4n) is 8.36. The third-order valence-electron chi connectivity index (χ3n) is 10.4. The van der Waals surface area contributed by atoms with Gasteiger partial charge in [0.2, 0.25) is 0 Å². The number of esters is 1. The maximum Gasteiger partial charge on any atom is 0.312 e. The molecule has 3 rings (SSSR count). The summed E-state index contributed by atoms with van der Waals surface area (Å²) in [5.41, 5.74) is 0.0304. The summed E-state index contributed by atoms with van der Waals surface area (Å²) >= 11 is 0. The molecule has 3 fully saturated rings. The Morgan fingerprint density at radius 1 is 0.647 bits per heavy atom. The number of ether oxygens (including phenoxy) is 1. The molecule has 3 aliphatic carbocycles. The summed E-state index contributed by atoms with van der Waals surface area (Å²) in [6.07, 6.45) is 31.4. The molecule has 0 heterocycles. The summed E-state index contributed by atoms with van der Waals surface area (Å²) in [4.78, 5) is 13.9. The Balaban J connectivity index is 1.55. The summed E-state index contributed by atoms with van der Waals surface area (Å²) in [5.74, 6) is 2.11. The van der Waals surface area contributed by atoms with E-state index in [4.69, 9.17) is 4.74 Å². The van der Waals surface area contributed by atoms with Crippen LogP contribution in [-0.2, 0) is 9.53 Å². The quantitative estimate of drug-likeness (QED) is 0.185. The van der Waals surface area contributed by atoms with Gasteiger partial charge in [-0.1, -0.05) is 117 Å². The predicted molar refractivity (Wildman–Crippen MR) is 145 cm³/mol. The topological polar surface area (TPSA) is 26.3 Å². The number of rotatable bonds is 14. The van der Waals surface area contributed by atoms with E-state index in [1.54, 1.807) is 0 Å². The number of carbonyl (C=O) groups is 1. The highest BCUT2D eigenvalue weighted by atomic mass is 16.5. The summed E-state index contributed by atoms with van der Waals surface area (Å²) < 4.78 is 6.16. The van der Waals surface area contributed by atoms with Crippen LogP contribution >= 0.6 is 0 Å². The van der Waals surface area contributed by atoms with E-state index in [0.29, 0.717) is 6.61 Å². The Bertz CT molecular complexity index is 547. The van der Waals surface area contributed by atoms with Crippen molar-refractivity contribution in [2.24, 2.45) is 22.7 Å². The van der Waals surface area contributed by atoms with Crippen molar-refractivity contribution in [2.45, 2.75) is 168 Å². The van der Waals surface area contributed by atoms with Crippen LogP contribution < -0.4 is 0 Å². The van der Waals surface area contributed by atoms with Crippen LogP contribution in [-0.4, -0.2) is 12.6 Å². The van der Waals surface area contributed by atoms with Gasteiger partial charge in [0.05, 0.1) is 12.0 Å². The van der Waals surface area contributed by atoms with Crippen molar-refractivity contribution in [3.8, 4) is 0 Å². The van der Waals surface area contributed by atoms with E-state index in [1.807, 2.05) is 0 Å². The van der Waals surface area contributed by atoms with E-state index in [-0.39, 0.29) is 16.8 Å². The van der Waals surface area contributed by atoms with Crippen molar-refractivity contribution in [1.82, 2.24) is 0 Å². The molecule has 0 aromatic rings. The molecule has 0 saturated heterocycles. The molecule has 0 spiro atoms. The monoisotopic (exact) mass is 474 g/mol. The van der Waals surface area contributed by atoms with E-state index in [1.165, 1.54) is 135 Å². The third kappa shape index (κ3) is 7.25. The molecule has 0 atom stereocenters. The molecule has 0 radical (unpaired) electrons. The largest absolute Gasteiger partial charge is 0.465 e. The second kappa shape index (κ2) is 14.9. The van der Waals surface area contributed by atoms with Gasteiger partial charge in [0.1, 0.15) is 0 Å². The van der Waals surface area contributed by atoms with E-state index >= 15 is 0 Å². The average molecular weight is 475 g/mol. The number of hydrogen-bond donors (Lipinski definition) is 0. The molecular formula is C32H58O2. The zero-order chi connectivity index (χ0) is 24.1. The van der Waals surface area contributed by atoms with E-state index in [0.717, 1.165) is 31.1 Å². The Morgan fingerprint density at radius 3 is 1.82 bits per heavy atom. The fourth-order valence-corrected chi connectivity index (χ4v) is 8.36. The van der Waals surface area contributed by atoms with Crippen molar-refractivity contribution in [3.63, 3.8) is 0 Å². The minimum Gasteiger partial charge on any atom is -0.465 e. The first kappa shape index (κ1) is 28.0. The molecule has 3 aliphatic rings. The molecule has 0 aliphatic heterocycles. The Morgan fingerprint density at radius 2 is 1.21 bits per heavy atom.